The van der Waals surface area contributed by atoms with Gasteiger partial charge in [0.15, 0.2) is 23.0 Å². The zero-order valence-electron chi connectivity index (χ0n) is 20.6. The predicted molar refractivity (Wildman–Crippen MR) is 142 cm³/mol. The molecule has 0 bridgehead atoms. The molecule has 0 amide bonds. The van der Waals surface area contributed by atoms with Crippen LogP contribution in [0.25, 0.3) is 16.9 Å². The Hall–Kier alpha value is -5.05. The normalized spacial score (nSPS) is 10.7. The first kappa shape index (κ1) is 23.7. The van der Waals surface area contributed by atoms with Gasteiger partial charge in [-0.2, -0.15) is 0 Å². The molecule has 0 aliphatic heterocycles. The first-order valence-electron chi connectivity index (χ1n) is 11.5. The number of rotatable bonds is 8. The van der Waals surface area contributed by atoms with Crippen molar-refractivity contribution in [1.82, 2.24) is 14.4 Å². The highest BCUT2D eigenvalue weighted by Gasteiger charge is 2.12. The van der Waals surface area contributed by atoms with Crippen LogP contribution in [0.15, 0.2) is 85.3 Å². The third-order valence-corrected chi connectivity index (χ3v) is 5.77. The van der Waals surface area contributed by atoms with E-state index in [0.29, 0.717) is 28.5 Å². The highest BCUT2D eigenvalue weighted by molar-refractivity contribution is 5.89. The summed E-state index contributed by atoms with van der Waals surface area (Å²) < 4.78 is 17.5. The maximum atomic E-state index is 11.7. The highest BCUT2D eigenvalue weighted by atomic mass is 16.5. The lowest BCUT2D eigenvalue weighted by Crippen LogP contribution is -2.01. The summed E-state index contributed by atoms with van der Waals surface area (Å²) in [5, 5.41) is 6.73. The largest absolute Gasteiger partial charge is 0.493 e. The molecule has 0 aliphatic rings. The summed E-state index contributed by atoms with van der Waals surface area (Å²) in [6.07, 6.45) is 5.55. The fourth-order valence-electron chi connectivity index (χ4n) is 3.94. The Labute approximate surface area is 213 Å². The van der Waals surface area contributed by atoms with Crippen LogP contribution >= 0.6 is 0 Å². The van der Waals surface area contributed by atoms with Crippen LogP contribution in [0.2, 0.25) is 0 Å². The van der Waals surface area contributed by atoms with Crippen LogP contribution in [0.3, 0.4) is 0 Å². The third-order valence-electron chi connectivity index (χ3n) is 5.77. The van der Waals surface area contributed by atoms with E-state index < -0.39 is 0 Å². The summed E-state index contributed by atoms with van der Waals surface area (Å²) in [4.78, 5) is 21.0. The number of hydrogen-bond acceptors (Lipinski definition) is 8. The van der Waals surface area contributed by atoms with E-state index in [9.17, 15) is 4.79 Å². The first-order chi connectivity index (χ1) is 18.1. The summed E-state index contributed by atoms with van der Waals surface area (Å²) in [5.41, 5.74) is 5.38. The Balaban J connectivity index is 1.44. The quantitative estimate of drug-likeness (QED) is 0.265. The molecule has 2 aromatic heterocycles. The van der Waals surface area contributed by atoms with Crippen LogP contribution in [-0.2, 0) is 4.74 Å². The van der Waals surface area contributed by atoms with Gasteiger partial charge in [-0.1, -0.05) is 12.1 Å². The maximum absolute atomic E-state index is 11.7. The zero-order valence-corrected chi connectivity index (χ0v) is 20.6. The first-order valence-corrected chi connectivity index (χ1v) is 11.5. The number of esters is 1. The Kier molecular flexibility index (Phi) is 6.58. The number of benzene rings is 3. The molecule has 2 heterocycles. The molecule has 0 saturated heterocycles. The summed E-state index contributed by atoms with van der Waals surface area (Å²) in [7, 11) is 4.57. The van der Waals surface area contributed by atoms with Gasteiger partial charge in [-0.05, 0) is 48.5 Å². The lowest BCUT2D eigenvalue weighted by molar-refractivity contribution is 0.0601. The number of methoxy groups -OCH3 is 3. The molecule has 0 unspecified atom stereocenters. The minimum Gasteiger partial charge on any atom is -0.493 e. The molecule has 0 atom stereocenters. The average molecular weight is 496 g/mol. The van der Waals surface area contributed by atoms with E-state index in [1.807, 2.05) is 71.4 Å². The maximum Gasteiger partial charge on any atom is 0.337 e. The summed E-state index contributed by atoms with van der Waals surface area (Å²) in [6.45, 7) is 0. The number of fused-ring (bicyclic) bond motifs is 1. The van der Waals surface area contributed by atoms with E-state index in [0.717, 1.165) is 28.3 Å². The molecule has 0 radical (unpaired) electrons. The van der Waals surface area contributed by atoms with Crippen molar-refractivity contribution >= 4 is 34.5 Å². The van der Waals surface area contributed by atoms with Crippen LogP contribution in [0.1, 0.15) is 10.4 Å². The molecule has 37 heavy (non-hydrogen) atoms. The van der Waals surface area contributed by atoms with Gasteiger partial charge in [0.1, 0.15) is 0 Å². The van der Waals surface area contributed by atoms with Gasteiger partial charge >= 0.3 is 5.97 Å². The highest BCUT2D eigenvalue weighted by Crippen LogP contribution is 2.32. The summed E-state index contributed by atoms with van der Waals surface area (Å²) >= 11 is 0. The summed E-state index contributed by atoms with van der Waals surface area (Å²) in [6, 6.07) is 20.6. The van der Waals surface area contributed by atoms with Crippen molar-refractivity contribution < 1.29 is 19.0 Å². The lowest BCUT2D eigenvalue weighted by Gasteiger charge is -2.13. The third kappa shape index (κ3) is 5.01. The van der Waals surface area contributed by atoms with E-state index in [-0.39, 0.29) is 5.97 Å². The minimum atomic E-state index is -0.369. The van der Waals surface area contributed by atoms with Crippen LogP contribution in [0.5, 0.6) is 11.5 Å². The van der Waals surface area contributed by atoms with Gasteiger partial charge in [0, 0.05) is 47.3 Å². The average Bonchev–Trinajstić information content (AvgIpc) is 3.42. The number of carbonyl (C=O) groups excluding carboxylic acids is 1. The van der Waals surface area contributed by atoms with E-state index in [2.05, 4.69) is 15.6 Å². The van der Waals surface area contributed by atoms with Crippen molar-refractivity contribution in [2.24, 2.45) is 0 Å². The van der Waals surface area contributed by atoms with E-state index in [4.69, 9.17) is 19.2 Å². The molecule has 0 fully saturated rings. The van der Waals surface area contributed by atoms with Crippen LogP contribution in [0, 0.1) is 0 Å². The van der Waals surface area contributed by atoms with E-state index in [1.165, 1.54) is 7.11 Å². The van der Waals surface area contributed by atoms with Gasteiger partial charge < -0.3 is 29.2 Å². The summed E-state index contributed by atoms with van der Waals surface area (Å²) in [5.74, 6) is 1.49. The molecule has 5 aromatic rings. The Morgan fingerprint density at radius 2 is 1.59 bits per heavy atom. The van der Waals surface area contributed by atoms with Crippen LogP contribution in [-0.4, -0.2) is 41.7 Å². The molecule has 5 rings (SSSR count). The second kappa shape index (κ2) is 10.3. The number of nitrogens with zero attached hydrogens (tertiary/aromatic N) is 3. The molecule has 9 nitrogen and oxygen atoms in total. The van der Waals surface area contributed by atoms with Crippen molar-refractivity contribution in [2.75, 3.05) is 32.0 Å². The fourth-order valence-corrected chi connectivity index (χ4v) is 3.94. The van der Waals surface area contributed by atoms with Gasteiger partial charge in [0.2, 0.25) is 0 Å². The number of aromatic nitrogens is 3. The molecule has 0 aliphatic carbocycles. The Morgan fingerprint density at radius 1 is 0.838 bits per heavy atom. The van der Waals surface area contributed by atoms with Gasteiger partial charge in [0.25, 0.3) is 0 Å². The smallest absolute Gasteiger partial charge is 0.337 e. The van der Waals surface area contributed by atoms with Crippen molar-refractivity contribution in [3.05, 3.63) is 90.9 Å². The van der Waals surface area contributed by atoms with Gasteiger partial charge in [-0.3, -0.25) is 0 Å². The second-order valence-corrected chi connectivity index (χ2v) is 8.10. The van der Waals surface area contributed by atoms with Gasteiger partial charge in [-0.15, -0.1) is 0 Å². The van der Waals surface area contributed by atoms with Crippen molar-refractivity contribution in [3.8, 4) is 22.8 Å². The fraction of sp³-hybridized carbons (Fsp3) is 0.107. The molecular formula is C28H25N5O4. The standard InChI is InChI=1S/C28H25N5O4/c1-35-24-12-11-22(16-25(24)36-2)31-26-27-29-13-14-33(27)17-23(32-26)19-5-4-6-21(15-19)30-20-9-7-18(8-10-20)28(34)37-3/h4-17,30H,1-3H3,(H,31,32). The minimum absolute atomic E-state index is 0.369. The molecule has 0 spiro atoms. The van der Waals surface area contributed by atoms with Crippen LogP contribution < -0.4 is 20.1 Å². The Bertz CT molecular complexity index is 1560. The SMILES string of the molecule is COC(=O)c1ccc(Nc2cccc(-c3cn4ccnc4c(Nc4ccc(OC)c(OC)c4)n3)c2)cc1. The van der Waals surface area contributed by atoms with Gasteiger partial charge in [0.05, 0.1) is 32.6 Å². The predicted octanol–water partition coefficient (Wildman–Crippen LogP) is 5.69. The lowest BCUT2D eigenvalue weighted by atomic mass is 10.1. The topological polar surface area (TPSA) is 99.0 Å². The molecule has 2 N–H and O–H groups in total. The number of ether oxygens (including phenoxy) is 3. The number of anilines is 4. The Morgan fingerprint density at radius 3 is 2.35 bits per heavy atom. The molecule has 0 saturated carbocycles. The van der Waals surface area contributed by atoms with Gasteiger partial charge in [-0.25, -0.2) is 14.8 Å². The van der Waals surface area contributed by atoms with E-state index in [1.54, 1.807) is 32.5 Å². The van der Waals surface area contributed by atoms with Crippen molar-refractivity contribution in [2.45, 2.75) is 0 Å². The van der Waals surface area contributed by atoms with E-state index >= 15 is 0 Å². The number of imidazole rings is 1. The molecular weight excluding hydrogens is 470 g/mol. The van der Waals surface area contributed by atoms with Crippen LogP contribution in [0.4, 0.5) is 22.9 Å². The number of hydrogen-bond donors (Lipinski definition) is 2. The monoisotopic (exact) mass is 495 g/mol. The molecule has 3 aromatic carbocycles. The number of carbonyl (C=O) groups is 1. The van der Waals surface area contributed by atoms with Crippen molar-refractivity contribution in [1.29, 1.82) is 0 Å². The molecule has 186 valence electrons. The number of nitrogens with one attached hydrogen (secondary N) is 2. The second-order valence-electron chi connectivity index (χ2n) is 8.10. The zero-order chi connectivity index (χ0) is 25.8. The van der Waals surface area contributed by atoms with Crippen molar-refractivity contribution in [3.63, 3.8) is 0 Å². The molecule has 9 heteroatoms.